The Balaban J connectivity index is 1.86. The summed E-state index contributed by atoms with van der Waals surface area (Å²) in [5, 5.41) is 0. The van der Waals surface area contributed by atoms with Crippen molar-refractivity contribution in [3.05, 3.63) is 28.7 Å². The molecule has 1 heterocycles. The molecule has 0 saturated heterocycles. The summed E-state index contributed by atoms with van der Waals surface area (Å²) in [5.74, 6) is 0. The second kappa shape index (κ2) is 4.49. The third-order valence-corrected chi connectivity index (χ3v) is 2.74. The first-order chi connectivity index (χ1) is 7.25. The molecule has 1 aromatic heterocycles. The number of rotatable bonds is 4. The zero-order valence-electron chi connectivity index (χ0n) is 8.69. The SMILES string of the molecule is Nc1ccc(=O)n(CCOC2CCC2)c1. The van der Waals surface area contributed by atoms with E-state index in [0.29, 0.717) is 24.9 Å². The molecule has 2 N–H and O–H groups in total. The number of anilines is 1. The third-order valence-electron chi connectivity index (χ3n) is 2.74. The van der Waals surface area contributed by atoms with Gasteiger partial charge in [-0.15, -0.1) is 0 Å². The van der Waals surface area contributed by atoms with Gasteiger partial charge in [-0.1, -0.05) is 0 Å². The topological polar surface area (TPSA) is 57.2 Å². The van der Waals surface area contributed by atoms with Gasteiger partial charge in [0.1, 0.15) is 0 Å². The fourth-order valence-corrected chi connectivity index (χ4v) is 1.58. The van der Waals surface area contributed by atoms with Gasteiger partial charge < -0.3 is 15.0 Å². The fourth-order valence-electron chi connectivity index (χ4n) is 1.58. The smallest absolute Gasteiger partial charge is 0.250 e. The molecule has 2 rings (SSSR count). The maximum Gasteiger partial charge on any atom is 0.250 e. The highest BCUT2D eigenvalue weighted by atomic mass is 16.5. The van der Waals surface area contributed by atoms with Gasteiger partial charge in [0, 0.05) is 24.5 Å². The van der Waals surface area contributed by atoms with E-state index in [2.05, 4.69) is 0 Å². The average molecular weight is 208 g/mol. The van der Waals surface area contributed by atoms with E-state index < -0.39 is 0 Å². The molecule has 0 aliphatic heterocycles. The van der Waals surface area contributed by atoms with Crippen molar-refractivity contribution in [3.63, 3.8) is 0 Å². The molecule has 0 radical (unpaired) electrons. The minimum absolute atomic E-state index is 0.0265. The second-order valence-electron chi connectivity index (χ2n) is 3.92. The van der Waals surface area contributed by atoms with E-state index in [9.17, 15) is 4.79 Å². The van der Waals surface area contributed by atoms with E-state index in [4.69, 9.17) is 10.5 Å². The van der Waals surface area contributed by atoms with Gasteiger partial charge in [0.2, 0.25) is 0 Å². The van der Waals surface area contributed by atoms with Gasteiger partial charge >= 0.3 is 0 Å². The number of hydrogen-bond donors (Lipinski definition) is 1. The lowest BCUT2D eigenvalue weighted by Crippen LogP contribution is -2.26. The Morgan fingerprint density at radius 2 is 2.27 bits per heavy atom. The van der Waals surface area contributed by atoms with Crippen LogP contribution in [0.3, 0.4) is 0 Å². The van der Waals surface area contributed by atoms with Gasteiger partial charge in [-0.25, -0.2) is 0 Å². The number of pyridine rings is 1. The molecule has 1 saturated carbocycles. The van der Waals surface area contributed by atoms with Crippen LogP contribution in [0, 0.1) is 0 Å². The van der Waals surface area contributed by atoms with Crippen molar-refractivity contribution < 1.29 is 4.74 Å². The number of nitrogen functional groups attached to an aromatic ring is 1. The minimum atomic E-state index is -0.0265. The van der Waals surface area contributed by atoms with Crippen molar-refractivity contribution in [3.8, 4) is 0 Å². The molecule has 4 nitrogen and oxygen atoms in total. The van der Waals surface area contributed by atoms with Crippen molar-refractivity contribution >= 4 is 5.69 Å². The van der Waals surface area contributed by atoms with E-state index in [1.807, 2.05) is 0 Å². The molecular formula is C11H16N2O2. The molecule has 0 atom stereocenters. The summed E-state index contributed by atoms with van der Waals surface area (Å²) in [6.07, 6.45) is 5.66. The number of ether oxygens (including phenoxy) is 1. The third kappa shape index (κ3) is 2.59. The van der Waals surface area contributed by atoms with E-state index >= 15 is 0 Å². The Kier molecular flexibility index (Phi) is 3.06. The van der Waals surface area contributed by atoms with Crippen LogP contribution in [-0.4, -0.2) is 17.3 Å². The van der Waals surface area contributed by atoms with Crippen LogP contribution in [0.5, 0.6) is 0 Å². The molecule has 1 aliphatic rings. The molecule has 0 amide bonds. The second-order valence-corrected chi connectivity index (χ2v) is 3.92. The highest BCUT2D eigenvalue weighted by Crippen LogP contribution is 2.21. The van der Waals surface area contributed by atoms with Gasteiger partial charge in [-0.05, 0) is 25.3 Å². The molecule has 1 aromatic rings. The Morgan fingerprint density at radius 3 is 2.93 bits per heavy atom. The van der Waals surface area contributed by atoms with E-state index in [1.165, 1.54) is 12.5 Å². The van der Waals surface area contributed by atoms with Gasteiger partial charge in [0.25, 0.3) is 5.56 Å². The molecule has 0 aromatic carbocycles. The van der Waals surface area contributed by atoms with E-state index in [1.54, 1.807) is 16.8 Å². The predicted octanol–water partition coefficient (Wildman–Crippen LogP) is 1.000. The number of nitrogens with zero attached hydrogens (tertiary/aromatic N) is 1. The van der Waals surface area contributed by atoms with Crippen LogP contribution < -0.4 is 11.3 Å². The highest BCUT2D eigenvalue weighted by molar-refractivity contribution is 5.33. The summed E-state index contributed by atoms with van der Waals surface area (Å²) < 4.78 is 7.17. The van der Waals surface area contributed by atoms with Gasteiger partial charge in [-0.3, -0.25) is 4.79 Å². The monoisotopic (exact) mass is 208 g/mol. The minimum Gasteiger partial charge on any atom is -0.398 e. The van der Waals surface area contributed by atoms with E-state index in [-0.39, 0.29) is 5.56 Å². The maximum absolute atomic E-state index is 11.4. The summed E-state index contributed by atoms with van der Waals surface area (Å²) in [6, 6.07) is 3.10. The maximum atomic E-state index is 11.4. The first kappa shape index (κ1) is 10.2. The Bertz CT molecular complexity index is 382. The summed E-state index contributed by atoms with van der Waals surface area (Å²) in [7, 11) is 0. The average Bonchev–Trinajstić information content (AvgIpc) is 2.15. The van der Waals surface area contributed by atoms with Crippen LogP contribution in [0.25, 0.3) is 0 Å². The standard InChI is InChI=1S/C11H16N2O2/c12-9-4-5-11(14)13(8-9)6-7-15-10-2-1-3-10/h4-5,8,10H,1-3,6-7,12H2. The molecule has 0 spiro atoms. The summed E-state index contributed by atoms with van der Waals surface area (Å²) in [6.45, 7) is 1.17. The largest absolute Gasteiger partial charge is 0.398 e. The Hall–Kier alpha value is -1.29. The van der Waals surface area contributed by atoms with Crippen molar-refractivity contribution in [2.24, 2.45) is 0 Å². The summed E-state index contributed by atoms with van der Waals surface area (Å²) in [4.78, 5) is 11.4. The first-order valence-corrected chi connectivity index (χ1v) is 5.33. The number of aromatic nitrogens is 1. The molecule has 4 heteroatoms. The van der Waals surface area contributed by atoms with E-state index in [0.717, 1.165) is 12.8 Å². The van der Waals surface area contributed by atoms with Crippen LogP contribution in [0.4, 0.5) is 5.69 Å². The normalized spacial score (nSPS) is 16.3. The highest BCUT2D eigenvalue weighted by Gasteiger charge is 2.17. The van der Waals surface area contributed by atoms with Crippen LogP contribution in [0.1, 0.15) is 19.3 Å². The fraction of sp³-hybridized carbons (Fsp3) is 0.545. The number of nitrogens with two attached hydrogens (primary N) is 1. The number of hydrogen-bond acceptors (Lipinski definition) is 3. The summed E-state index contributed by atoms with van der Waals surface area (Å²) in [5.41, 5.74) is 6.18. The summed E-state index contributed by atoms with van der Waals surface area (Å²) >= 11 is 0. The molecule has 1 fully saturated rings. The zero-order valence-corrected chi connectivity index (χ0v) is 8.69. The van der Waals surface area contributed by atoms with Crippen LogP contribution in [0.2, 0.25) is 0 Å². The molecule has 0 unspecified atom stereocenters. The van der Waals surface area contributed by atoms with Crippen molar-refractivity contribution in [2.75, 3.05) is 12.3 Å². The van der Waals surface area contributed by atoms with Crippen LogP contribution >= 0.6 is 0 Å². The predicted molar refractivity (Wildman–Crippen MR) is 58.7 cm³/mol. The van der Waals surface area contributed by atoms with Crippen LogP contribution in [0.15, 0.2) is 23.1 Å². The molecule has 15 heavy (non-hydrogen) atoms. The lowest BCUT2D eigenvalue weighted by Gasteiger charge is -2.25. The van der Waals surface area contributed by atoms with Crippen molar-refractivity contribution in [1.29, 1.82) is 0 Å². The van der Waals surface area contributed by atoms with Crippen molar-refractivity contribution in [1.82, 2.24) is 4.57 Å². The van der Waals surface area contributed by atoms with Crippen molar-refractivity contribution in [2.45, 2.75) is 31.9 Å². The molecule has 0 bridgehead atoms. The van der Waals surface area contributed by atoms with Gasteiger partial charge in [0.15, 0.2) is 0 Å². The molecule has 1 aliphatic carbocycles. The van der Waals surface area contributed by atoms with Gasteiger partial charge in [0.05, 0.1) is 12.7 Å². The van der Waals surface area contributed by atoms with Gasteiger partial charge in [-0.2, -0.15) is 0 Å². The Labute approximate surface area is 88.7 Å². The quantitative estimate of drug-likeness (QED) is 0.803. The Morgan fingerprint density at radius 1 is 1.47 bits per heavy atom. The zero-order chi connectivity index (χ0) is 10.7. The lowest BCUT2D eigenvalue weighted by molar-refractivity contribution is -0.00159. The lowest BCUT2D eigenvalue weighted by atomic mass is 9.96. The first-order valence-electron chi connectivity index (χ1n) is 5.33. The molecule has 82 valence electrons. The van der Waals surface area contributed by atoms with Crippen LogP contribution in [-0.2, 0) is 11.3 Å². The molecular weight excluding hydrogens is 192 g/mol.